The Labute approximate surface area is 108 Å². The van der Waals surface area contributed by atoms with Gasteiger partial charge >= 0.3 is 0 Å². The molecule has 0 fully saturated rings. The average molecular weight is 251 g/mol. The molecule has 1 N–H and O–H groups in total. The number of benzene rings is 1. The zero-order chi connectivity index (χ0) is 13.9. The van der Waals surface area contributed by atoms with Crippen LogP contribution in [0.25, 0.3) is 0 Å². The largest absolute Gasteiger partial charge is 0.496 e. The van der Waals surface area contributed by atoms with Crippen molar-refractivity contribution in [3.8, 4) is 5.75 Å². The number of aliphatic hydroxyl groups is 1. The lowest BCUT2D eigenvalue weighted by Gasteiger charge is -2.28. The van der Waals surface area contributed by atoms with Gasteiger partial charge in [0.25, 0.3) is 0 Å². The molecule has 1 aromatic carbocycles. The summed E-state index contributed by atoms with van der Waals surface area (Å²) in [5, 5.41) is 9.55. The molecule has 0 heterocycles. The van der Waals surface area contributed by atoms with E-state index in [1.165, 1.54) is 11.8 Å². The van der Waals surface area contributed by atoms with Gasteiger partial charge in [-0.1, -0.05) is 17.7 Å². The summed E-state index contributed by atoms with van der Waals surface area (Å²) in [6, 6.07) is 3.59. The minimum absolute atomic E-state index is 0.0877. The quantitative estimate of drug-likeness (QED) is 0.888. The minimum atomic E-state index is -0.379. The standard InChI is InChI=1S/C14H21NO3/c1-9-6-10(2)14(18-5)12(7-9)13(8-16)15(4)11(3)17/h6-7,13,16H,8H2,1-5H3. The van der Waals surface area contributed by atoms with Gasteiger partial charge in [0, 0.05) is 19.5 Å². The van der Waals surface area contributed by atoms with E-state index in [1.807, 2.05) is 26.0 Å². The van der Waals surface area contributed by atoms with Crippen LogP contribution in [0.2, 0.25) is 0 Å². The molecule has 0 aromatic heterocycles. The van der Waals surface area contributed by atoms with Crippen LogP contribution in [-0.2, 0) is 4.79 Å². The lowest BCUT2D eigenvalue weighted by molar-refractivity contribution is -0.130. The Morgan fingerprint density at radius 3 is 2.50 bits per heavy atom. The lowest BCUT2D eigenvalue weighted by Crippen LogP contribution is -2.31. The third-order valence-electron chi connectivity index (χ3n) is 3.15. The minimum Gasteiger partial charge on any atom is -0.496 e. The van der Waals surface area contributed by atoms with Crippen molar-refractivity contribution in [2.45, 2.75) is 26.8 Å². The molecule has 18 heavy (non-hydrogen) atoms. The molecule has 0 saturated heterocycles. The fourth-order valence-electron chi connectivity index (χ4n) is 2.16. The Morgan fingerprint density at radius 2 is 2.06 bits per heavy atom. The van der Waals surface area contributed by atoms with Crippen molar-refractivity contribution in [3.05, 3.63) is 28.8 Å². The van der Waals surface area contributed by atoms with Crippen LogP contribution >= 0.6 is 0 Å². The van der Waals surface area contributed by atoms with E-state index in [0.29, 0.717) is 0 Å². The Morgan fingerprint density at radius 1 is 1.44 bits per heavy atom. The van der Waals surface area contributed by atoms with Gasteiger partial charge in [-0.3, -0.25) is 4.79 Å². The molecule has 4 heteroatoms. The highest BCUT2D eigenvalue weighted by Gasteiger charge is 2.23. The molecule has 0 spiro atoms. The molecule has 1 rings (SSSR count). The number of aliphatic hydroxyl groups excluding tert-OH is 1. The number of methoxy groups -OCH3 is 1. The summed E-state index contributed by atoms with van der Waals surface area (Å²) in [5.74, 6) is 0.642. The summed E-state index contributed by atoms with van der Waals surface area (Å²) in [6.07, 6.45) is 0. The summed E-state index contributed by atoms with van der Waals surface area (Å²) in [7, 11) is 3.28. The number of hydrogen-bond donors (Lipinski definition) is 1. The van der Waals surface area contributed by atoms with Crippen LogP contribution in [-0.4, -0.2) is 36.7 Å². The molecule has 1 aromatic rings. The highest BCUT2D eigenvalue weighted by molar-refractivity contribution is 5.73. The second-order valence-electron chi connectivity index (χ2n) is 4.53. The zero-order valence-electron chi connectivity index (χ0n) is 11.7. The summed E-state index contributed by atoms with van der Waals surface area (Å²) >= 11 is 0. The smallest absolute Gasteiger partial charge is 0.219 e. The van der Waals surface area contributed by atoms with Gasteiger partial charge in [0.05, 0.1) is 19.8 Å². The van der Waals surface area contributed by atoms with Crippen molar-refractivity contribution in [2.24, 2.45) is 0 Å². The van der Waals surface area contributed by atoms with E-state index in [4.69, 9.17) is 4.74 Å². The second-order valence-corrected chi connectivity index (χ2v) is 4.53. The molecular weight excluding hydrogens is 230 g/mol. The van der Waals surface area contributed by atoms with Gasteiger partial charge in [0.1, 0.15) is 5.75 Å². The summed E-state index contributed by atoms with van der Waals surface area (Å²) in [5.41, 5.74) is 2.93. The molecular formula is C14H21NO3. The van der Waals surface area contributed by atoms with E-state index in [-0.39, 0.29) is 18.6 Å². The Balaban J connectivity index is 3.32. The average Bonchev–Trinajstić information content (AvgIpc) is 2.29. The maximum Gasteiger partial charge on any atom is 0.219 e. The van der Waals surface area contributed by atoms with Crippen LogP contribution in [0, 0.1) is 13.8 Å². The molecule has 0 aliphatic heterocycles. The maximum absolute atomic E-state index is 11.5. The lowest BCUT2D eigenvalue weighted by atomic mass is 9.99. The first-order valence-electron chi connectivity index (χ1n) is 5.91. The van der Waals surface area contributed by atoms with Crippen molar-refractivity contribution >= 4 is 5.91 Å². The predicted molar refractivity (Wildman–Crippen MR) is 70.7 cm³/mol. The molecule has 4 nitrogen and oxygen atoms in total. The van der Waals surface area contributed by atoms with E-state index in [1.54, 1.807) is 14.2 Å². The van der Waals surface area contributed by atoms with Crippen molar-refractivity contribution in [1.29, 1.82) is 0 Å². The number of rotatable bonds is 4. The number of ether oxygens (including phenoxy) is 1. The Hall–Kier alpha value is -1.55. The van der Waals surface area contributed by atoms with Crippen LogP contribution in [0.5, 0.6) is 5.75 Å². The molecule has 1 unspecified atom stereocenters. The van der Waals surface area contributed by atoms with Crippen molar-refractivity contribution < 1.29 is 14.6 Å². The molecule has 0 aliphatic carbocycles. The first-order valence-corrected chi connectivity index (χ1v) is 5.91. The Kier molecular flexibility index (Phi) is 4.73. The van der Waals surface area contributed by atoms with Crippen LogP contribution in [0.1, 0.15) is 29.7 Å². The first kappa shape index (κ1) is 14.5. The second kappa shape index (κ2) is 5.87. The summed E-state index contributed by atoms with van der Waals surface area (Å²) in [6.45, 7) is 5.29. The predicted octanol–water partition coefficient (Wildman–Crippen LogP) is 1.82. The van der Waals surface area contributed by atoms with Crippen molar-refractivity contribution in [1.82, 2.24) is 4.90 Å². The molecule has 0 aliphatic rings. The highest BCUT2D eigenvalue weighted by atomic mass is 16.5. The van der Waals surface area contributed by atoms with E-state index in [9.17, 15) is 9.90 Å². The Bertz CT molecular complexity index is 443. The van der Waals surface area contributed by atoms with Crippen molar-refractivity contribution in [2.75, 3.05) is 20.8 Å². The number of carbonyl (C=O) groups is 1. The summed E-state index contributed by atoms with van der Waals surface area (Å²) < 4.78 is 5.39. The monoisotopic (exact) mass is 251 g/mol. The summed E-state index contributed by atoms with van der Waals surface area (Å²) in [4.78, 5) is 13.0. The molecule has 1 amide bonds. The third kappa shape index (κ3) is 2.82. The number of nitrogens with zero attached hydrogens (tertiary/aromatic N) is 1. The van der Waals surface area contributed by atoms with Crippen LogP contribution in [0.3, 0.4) is 0 Å². The van der Waals surface area contributed by atoms with Gasteiger partial charge in [-0.2, -0.15) is 0 Å². The van der Waals surface area contributed by atoms with Crippen molar-refractivity contribution in [3.63, 3.8) is 0 Å². The number of amides is 1. The molecule has 0 radical (unpaired) electrons. The maximum atomic E-state index is 11.5. The van der Waals surface area contributed by atoms with E-state index in [2.05, 4.69) is 0 Å². The number of carbonyl (C=O) groups excluding carboxylic acids is 1. The normalized spacial score (nSPS) is 12.1. The van der Waals surface area contributed by atoms with Gasteiger partial charge in [0.15, 0.2) is 0 Å². The van der Waals surface area contributed by atoms with Crippen LogP contribution in [0.4, 0.5) is 0 Å². The SMILES string of the molecule is COc1c(C)cc(C)cc1C(CO)N(C)C(C)=O. The van der Waals surface area contributed by atoms with Crippen LogP contribution in [0.15, 0.2) is 12.1 Å². The fraction of sp³-hybridized carbons (Fsp3) is 0.500. The van der Waals surface area contributed by atoms with E-state index in [0.717, 1.165) is 22.4 Å². The van der Waals surface area contributed by atoms with Gasteiger partial charge in [0.2, 0.25) is 5.91 Å². The molecule has 0 bridgehead atoms. The molecule has 100 valence electrons. The number of likely N-dealkylation sites (N-methyl/N-ethyl adjacent to an activating group) is 1. The molecule has 1 atom stereocenters. The van der Waals surface area contributed by atoms with Crippen LogP contribution < -0.4 is 4.74 Å². The van der Waals surface area contributed by atoms with E-state index >= 15 is 0 Å². The first-order chi connectivity index (χ1) is 8.42. The number of hydrogen-bond acceptors (Lipinski definition) is 3. The topological polar surface area (TPSA) is 49.8 Å². The molecule has 0 saturated carbocycles. The third-order valence-corrected chi connectivity index (χ3v) is 3.15. The highest BCUT2D eigenvalue weighted by Crippen LogP contribution is 2.32. The van der Waals surface area contributed by atoms with Gasteiger partial charge < -0.3 is 14.7 Å². The van der Waals surface area contributed by atoms with Gasteiger partial charge in [-0.15, -0.1) is 0 Å². The van der Waals surface area contributed by atoms with E-state index < -0.39 is 0 Å². The zero-order valence-corrected chi connectivity index (χ0v) is 11.7. The number of aryl methyl sites for hydroxylation is 2. The van der Waals surface area contributed by atoms with Gasteiger partial charge in [-0.05, 0) is 19.4 Å². The van der Waals surface area contributed by atoms with Gasteiger partial charge in [-0.25, -0.2) is 0 Å². The fourth-order valence-corrected chi connectivity index (χ4v) is 2.16.